The zero-order valence-electron chi connectivity index (χ0n) is 17.8. The Kier molecular flexibility index (Phi) is 4.57. The van der Waals surface area contributed by atoms with Crippen LogP contribution in [0.5, 0.6) is 11.5 Å². The summed E-state index contributed by atoms with van der Waals surface area (Å²) in [5, 5.41) is 3.13. The van der Waals surface area contributed by atoms with E-state index in [4.69, 9.17) is 14.2 Å². The van der Waals surface area contributed by atoms with E-state index in [-0.39, 0.29) is 23.7 Å². The molecule has 29 heavy (non-hydrogen) atoms. The van der Waals surface area contributed by atoms with Crippen molar-refractivity contribution in [1.82, 2.24) is 5.32 Å². The Balaban J connectivity index is 1.20. The molecule has 1 aromatic rings. The minimum Gasteiger partial charge on any atom is -0.483 e. The number of carbonyl (C=O) groups excluding carboxylic acids is 1. The van der Waals surface area contributed by atoms with Gasteiger partial charge in [-0.1, -0.05) is 12.1 Å². The van der Waals surface area contributed by atoms with Crippen LogP contribution in [0.25, 0.3) is 0 Å². The standard InChI is InChI=1S/C24H33NO4/c1-23(2)12-17-5-4-6-20(22(17)29-23)28-13-21(26)25-14-24(27-3)18-8-15-7-16(10-18)11-19(24)9-15/h4-6,15-16,18-19H,7-14H2,1-3H3,(H,25,26). The van der Waals surface area contributed by atoms with E-state index in [9.17, 15) is 4.79 Å². The van der Waals surface area contributed by atoms with Crippen LogP contribution in [-0.2, 0) is 16.0 Å². The van der Waals surface area contributed by atoms with Gasteiger partial charge in [-0.15, -0.1) is 0 Å². The van der Waals surface area contributed by atoms with Crippen LogP contribution < -0.4 is 14.8 Å². The average molecular weight is 400 g/mol. The highest BCUT2D eigenvalue weighted by molar-refractivity contribution is 5.77. The number of carbonyl (C=O) groups is 1. The molecule has 1 heterocycles. The van der Waals surface area contributed by atoms with E-state index >= 15 is 0 Å². The monoisotopic (exact) mass is 399 g/mol. The number of hydrogen-bond donors (Lipinski definition) is 1. The first-order chi connectivity index (χ1) is 13.9. The lowest BCUT2D eigenvalue weighted by atomic mass is 9.49. The summed E-state index contributed by atoms with van der Waals surface area (Å²) >= 11 is 0. The zero-order valence-corrected chi connectivity index (χ0v) is 17.8. The average Bonchev–Trinajstić information content (AvgIpc) is 3.00. The molecule has 5 nitrogen and oxygen atoms in total. The van der Waals surface area contributed by atoms with E-state index in [2.05, 4.69) is 25.2 Å². The molecule has 1 aromatic carbocycles. The minimum absolute atomic E-state index is 0.000615. The summed E-state index contributed by atoms with van der Waals surface area (Å²) in [7, 11) is 1.83. The first-order valence-electron chi connectivity index (χ1n) is 11.1. The Hall–Kier alpha value is -1.75. The van der Waals surface area contributed by atoms with Crippen molar-refractivity contribution in [3.63, 3.8) is 0 Å². The summed E-state index contributed by atoms with van der Waals surface area (Å²) in [5.41, 5.74) is 0.721. The second-order valence-electron chi connectivity index (χ2n) is 10.3. The van der Waals surface area contributed by atoms with Crippen LogP contribution in [-0.4, -0.2) is 37.4 Å². The number of para-hydroxylation sites is 1. The molecule has 0 atom stereocenters. The van der Waals surface area contributed by atoms with Crippen molar-refractivity contribution in [2.24, 2.45) is 23.7 Å². The predicted molar refractivity (Wildman–Crippen MR) is 110 cm³/mol. The van der Waals surface area contributed by atoms with Gasteiger partial charge in [0.25, 0.3) is 5.91 Å². The van der Waals surface area contributed by atoms with E-state index in [0.29, 0.717) is 24.1 Å². The van der Waals surface area contributed by atoms with Crippen LogP contribution in [0.2, 0.25) is 0 Å². The van der Waals surface area contributed by atoms with Crippen LogP contribution in [0.15, 0.2) is 18.2 Å². The Morgan fingerprint density at radius 3 is 2.48 bits per heavy atom. The molecule has 0 radical (unpaired) electrons. The summed E-state index contributed by atoms with van der Waals surface area (Å²) in [6, 6.07) is 5.90. The molecule has 6 rings (SSSR count). The maximum absolute atomic E-state index is 12.6. The summed E-state index contributed by atoms with van der Waals surface area (Å²) in [6.07, 6.45) is 7.31. The van der Waals surface area contributed by atoms with Crippen molar-refractivity contribution in [1.29, 1.82) is 0 Å². The Bertz CT molecular complexity index is 774. The van der Waals surface area contributed by atoms with Gasteiger partial charge in [-0.2, -0.15) is 0 Å². The lowest BCUT2D eigenvalue weighted by Gasteiger charge is -2.60. The Morgan fingerprint density at radius 2 is 1.83 bits per heavy atom. The van der Waals surface area contributed by atoms with Crippen molar-refractivity contribution < 1.29 is 19.0 Å². The number of hydrogen-bond acceptors (Lipinski definition) is 4. The third-order valence-corrected chi connectivity index (χ3v) is 7.88. The van der Waals surface area contributed by atoms with Crippen LogP contribution >= 0.6 is 0 Å². The van der Waals surface area contributed by atoms with E-state index in [0.717, 1.165) is 29.6 Å². The fraction of sp³-hybridized carbons (Fsp3) is 0.708. The summed E-state index contributed by atoms with van der Waals surface area (Å²) in [4.78, 5) is 12.6. The van der Waals surface area contributed by atoms with Gasteiger partial charge in [-0.05, 0) is 75.7 Å². The van der Waals surface area contributed by atoms with Gasteiger partial charge in [0.05, 0.1) is 5.60 Å². The number of nitrogens with one attached hydrogen (secondary N) is 1. The molecule has 4 bridgehead atoms. The molecule has 4 fully saturated rings. The zero-order chi connectivity index (χ0) is 20.2. The second-order valence-corrected chi connectivity index (χ2v) is 10.3. The number of ether oxygens (including phenoxy) is 3. The molecule has 4 saturated carbocycles. The van der Waals surface area contributed by atoms with Crippen molar-refractivity contribution >= 4 is 5.91 Å². The van der Waals surface area contributed by atoms with Gasteiger partial charge in [-0.3, -0.25) is 4.79 Å². The molecular formula is C24H33NO4. The normalized spacial score (nSPS) is 35.8. The number of benzene rings is 1. The van der Waals surface area contributed by atoms with Gasteiger partial charge in [0.15, 0.2) is 18.1 Å². The van der Waals surface area contributed by atoms with Gasteiger partial charge < -0.3 is 19.5 Å². The molecule has 158 valence electrons. The summed E-state index contributed by atoms with van der Waals surface area (Å²) in [5.74, 6) is 4.26. The minimum atomic E-state index is -0.228. The van der Waals surface area contributed by atoms with E-state index in [1.54, 1.807) is 0 Å². The van der Waals surface area contributed by atoms with Crippen LogP contribution in [0, 0.1) is 23.7 Å². The van der Waals surface area contributed by atoms with E-state index in [1.165, 1.54) is 32.1 Å². The predicted octanol–water partition coefficient (Wildman–Crippen LogP) is 3.74. The number of fused-ring (bicyclic) bond motifs is 1. The van der Waals surface area contributed by atoms with Crippen LogP contribution in [0.4, 0.5) is 0 Å². The summed E-state index contributed by atoms with van der Waals surface area (Å²) in [6.45, 7) is 4.73. The molecule has 0 spiro atoms. The quantitative estimate of drug-likeness (QED) is 0.792. The molecule has 1 aliphatic heterocycles. The lowest BCUT2D eigenvalue weighted by molar-refractivity contribution is -0.188. The first-order valence-corrected chi connectivity index (χ1v) is 11.1. The largest absolute Gasteiger partial charge is 0.483 e. The molecule has 0 unspecified atom stereocenters. The third-order valence-electron chi connectivity index (χ3n) is 7.88. The van der Waals surface area contributed by atoms with Crippen LogP contribution in [0.1, 0.15) is 51.5 Å². The topological polar surface area (TPSA) is 56.8 Å². The first kappa shape index (κ1) is 19.2. The van der Waals surface area contributed by atoms with Crippen molar-refractivity contribution in [3.8, 4) is 11.5 Å². The van der Waals surface area contributed by atoms with Gasteiger partial charge in [0.2, 0.25) is 0 Å². The number of rotatable bonds is 6. The fourth-order valence-electron chi connectivity index (χ4n) is 6.81. The van der Waals surface area contributed by atoms with Crippen LogP contribution in [0.3, 0.4) is 0 Å². The van der Waals surface area contributed by atoms with Gasteiger partial charge in [0, 0.05) is 25.6 Å². The molecular weight excluding hydrogens is 366 g/mol. The number of methoxy groups -OCH3 is 1. The van der Waals surface area contributed by atoms with Crippen molar-refractivity contribution in [2.45, 2.75) is 63.6 Å². The van der Waals surface area contributed by atoms with E-state index in [1.807, 2.05) is 19.2 Å². The third kappa shape index (κ3) is 3.31. The van der Waals surface area contributed by atoms with Crippen molar-refractivity contribution in [3.05, 3.63) is 23.8 Å². The van der Waals surface area contributed by atoms with E-state index < -0.39 is 0 Å². The maximum Gasteiger partial charge on any atom is 0.258 e. The molecule has 0 saturated heterocycles. The highest BCUT2D eigenvalue weighted by Crippen LogP contribution is 2.59. The second kappa shape index (κ2) is 6.90. The van der Waals surface area contributed by atoms with Gasteiger partial charge in [-0.25, -0.2) is 0 Å². The Morgan fingerprint density at radius 1 is 1.14 bits per heavy atom. The molecule has 1 amide bonds. The smallest absolute Gasteiger partial charge is 0.258 e. The molecule has 1 N–H and O–H groups in total. The highest BCUT2D eigenvalue weighted by atomic mass is 16.5. The number of amides is 1. The molecule has 5 aliphatic rings. The molecule has 0 aromatic heterocycles. The Labute approximate surface area is 173 Å². The highest BCUT2D eigenvalue weighted by Gasteiger charge is 2.57. The lowest BCUT2D eigenvalue weighted by Crippen LogP contribution is -2.63. The molecule has 4 aliphatic carbocycles. The fourth-order valence-corrected chi connectivity index (χ4v) is 6.81. The SMILES string of the molecule is COC1(CNC(=O)COc2cccc3c2OC(C)(C)C3)C2CC3CC(C2)CC1C3. The molecule has 5 heteroatoms. The van der Waals surface area contributed by atoms with Crippen molar-refractivity contribution in [2.75, 3.05) is 20.3 Å². The summed E-state index contributed by atoms with van der Waals surface area (Å²) < 4.78 is 18.0. The van der Waals surface area contributed by atoms with Gasteiger partial charge in [0.1, 0.15) is 5.60 Å². The van der Waals surface area contributed by atoms with Gasteiger partial charge >= 0.3 is 0 Å². The maximum atomic E-state index is 12.6.